The summed E-state index contributed by atoms with van der Waals surface area (Å²) in [6.07, 6.45) is 2.82. The highest BCUT2D eigenvalue weighted by Crippen LogP contribution is 2.46. The Kier molecular flexibility index (Phi) is 4.61. The number of aliphatic carboxylic acids is 1. The number of morpholine rings is 1. The molecule has 0 spiro atoms. The van der Waals surface area contributed by atoms with Crippen LogP contribution < -0.4 is 4.68 Å². The number of aromatic nitrogens is 3. The molecule has 1 aromatic rings. The van der Waals surface area contributed by atoms with Gasteiger partial charge in [-0.15, -0.1) is 9.36 Å². The fourth-order valence-corrected chi connectivity index (χ4v) is 6.55. The lowest BCUT2D eigenvalue weighted by molar-refractivity contribution is -0.744. The molecule has 2 amide bonds. The molecule has 0 aliphatic carbocycles. The molecule has 0 unspecified atom stereocenters. The number of β-lactam (4-membered cyclic amide) rings is 1. The first-order valence-corrected chi connectivity index (χ1v) is 10.8. The van der Waals surface area contributed by atoms with Crippen LogP contribution in [0.2, 0.25) is 0 Å². The van der Waals surface area contributed by atoms with Crippen molar-refractivity contribution in [3.8, 4) is 0 Å². The van der Waals surface area contributed by atoms with Gasteiger partial charge in [0.1, 0.15) is 16.7 Å². The average molecular weight is 428 g/mol. The first kappa shape index (κ1) is 19.8. The van der Waals surface area contributed by atoms with Gasteiger partial charge in [0.25, 0.3) is 5.91 Å². The minimum absolute atomic E-state index is 0.0218. The Morgan fingerprint density at radius 3 is 2.69 bits per heavy atom. The molecule has 3 saturated heterocycles. The molecular formula is C16H22N5O7S+. The highest BCUT2D eigenvalue weighted by atomic mass is 32.2. The van der Waals surface area contributed by atoms with E-state index in [4.69, 9.17) is 4.74 Å². The van der Waals surface area contributed by atoms with E-state index in [1.165, 1.54) is 28.7 Å². The number of carbonyl (C=O) groups excluding carboxylic acids is 2. The minimum Gasteiger partial charge on any atom is -0.480 e. The van der Waals surface area contributed by atoms with Crippen LogP contribution in [-0.2, 0) is 42.0 Å². The Labute approximate surface area is 166 Å². The van der Waals surface area contributed by atoms with Crippen LogP contribution in [-0.4, -0.2) is 93.5 Å². The fourth-order valence-electron chi connectivity index (χ4n) is 4.19. The highest BCUT2D eigenvalue weighted by molar-refractivity contribution is 7.93. The molecule has 3 aliphatic rings. The van der Waals surface area contributed by atoms with E-state index in [-0.39, 0.29) is 25.4 Å². The van der Waals surface area contributed by atoms with Crippen molar-refractivity contribution in [2.75, 3.05) is 26.3 Å². The van der Waals surface area contributed by atoms with Gasteiger partial charge < -0.3 is 19.6 Å². The average Bonchev–Trinajstić information content (AvgIpc) is 3.14. The van der Waals surface area contributed by atoms with Gasteiger partial charge in [0.2, 0.25) is 5.91 Å². The third-order valence-electron chi connectivity index (χ3n) is 5.82. The standard InChI is InChI=1S/C16H21N5O7S/c1-16(14(15(24)25)21-11(22)8-13(21)29(16,26)27)10-20-3-2-19(17-20)9-12(23)18-4-6-28-7-5-18/h2-3,13-14H,4-10H2,1H3/p+1/t13-,14+,16+/m1/s1. The topological polar surface area (TPSA) is 143 Å². The molecule has 1 N–H and O–H groups in total. The number of hydrogen-bond acceptors (Lipinski definition) is 7. The summed E-state index contributed by atoms with van der Waals surface area (Å²) in [4.78, 5) is 38.6. The van der Waals surface area contributed by atoms with Crippen LogP contribution in [0.5, 0.6) is 0 Å². The van der Waals surface area contributed by atoms with Gasteiger partial charge in [0.05, 0.1) is 24.8 Å². The van der Waals surface area contributed by atoms with Crippen LogP contribution >= 0.6 is 0 Å². The summed E-state index contributed by atoms with van der Waals surface area (Å²) in [6.45, 7) is 3.03. The number of sulfone groups is 1. The summed E-state index contributed by atoms with van der Waals surface area (Å²) in [5.74, 6) is -1.99. The monoisotopic (exact) mass is 428 g/mol. The molecule has 1 aromatic heterocycles. The summed E-state index contributed by atoms with van der Waals surface area (Å²) < 4.78 is 32.1. The smallest absolute Gasteiger partial charge is 0.328 e. The molecule has 4 rings (SSSR count). The molecule has 158 valence electrons. The number of carboxylic acid groups (broad SMARTS) is 1. The largest absolute Gasteiger partial charge is 0.480 e. The second-order valence-electron chi connectivity index (χ2n) is 7.63. The lowest BCUT2D eigenvalue weighted by Crippen LogP contribution is -2.58. The predicted octanol–water partition coefficient (Wildman–Crippen LogP) is -2.77. The zero-order valence-corrected chi connectivity index (χ0v) is 16.6. The molecule has 29 heavy (non-hydrogen) atoms. The van der Waals surface area contributed by atoms with E-state index in [2.05, 4.69) is 5.21 Å². The summed E-state index contributed by atoms with van der Waals surface area (Å²) in [5, 5.41) is 12.7. The summed E-state index contributed by atoms with van der Waals surface area (Å²) in [5.41, 5.74) is 0. The first-order chi connectivity index (χ1) is 13.6. The molecule has 3 fully saturated rings. The molecular weight excluding hydrogens is 406 g/mol. The lowest BCUT2D eigenvalue weighted by atomic mass is 9.96. The number of carboxylic acids is 1. The van der Waals surface area contributed by atoms with Crippen LogP contribution in [0.15, 0.2) is 12.4 Å². The number of rotatable bonds is 5. The summed E-state index contributed by atoms with van der Waals surface area (Å²) in [6, 6.07) is -1.48. The Bertz CT molecular complexity index is 970. The van der Waals surface area contributed by atoms with Crippen molar-refractivity contribution in [1.29, 1.82) is 0 Å². The third-order valence-corrected chi connectivity index (χ3v) is 8.59. The van der Waals surface area contributed by atoms with Crippen LogP contribution in [0.4, 0.5) is 0 Å². The fraction of sp³-hybridized carbons (Fsp3) is 0.688. The molecule has 12 nitrogen and oxygen atoms in total. The molecule has 4 heterocycles. The highest BCUT2D eigenvalue weighted by Gasteiger charge is 2.71. The molecule has 3 atom stereocenters. The summed E-state index contributed by atoms with van der Waals surface area (Å²) in [7, 11) is -3.92. The van der Waals surface area contributed by atoms with Gasteiger partial charge >= 0.3 is 5.97 Å². The number of ether oxygens (including phenoxy) is 1. The Morgan fingerprint density at radius 1 is 1.38 bits per heavy atom. The van der Waals surface area contributed by atoms with Gasteiger partial charge in [-0.25, -0.2) is 13.2 Å². The van der Waals surface area contributed by atoms with Crippen molar-refractivity contribution >= 4 is 27.6 Å². The number of nitrogens with zero attached hydrogens (tertiary/aromatic N) is 5. The Hall–Kier alpha value is -2.54. The van der Waals surface area contributed by atoms with Gasteiger partial charge in [0.15, 0.2) is 34.8 Å². The molecule has 0 radical (unpaired) electrons. The van der Waals surface area contributed by atoms with Crippen molar-refractivity contribution < 1.29 is 37.3 Å². The second-order valence-corrected chi connectivity index (χ2v) is 10.2. The van der Waals surface area contributed by atoms with E-state index in [1.54, 1.807) is 4.90 Å². The van der Waals surface area contributed by atoms with Gasteiger partial charge in [-0.1, -0.05) is 0 Å². The van der Waals surface area contributed by atoms with Crippen LogP contribution in [0.3, 0.4) is 0 Å². The maximum absolute atomic E-state index is 13.0. The number of carbonyl (C=O) groups is 3. The maximum Gasteiger partial charge on any atom is 0.328 e. The minimum atomic E-state index is -3.92. The van der Waals surface area contributed by atoms with Gasteiger partial charge in [-0.05, 0) is 6.92 Å². The van der Waals surface area contributed by atoms with Crippen molar-refractivity contribution in [3.05, 3.63) is 12.4 Å². The van der Waals surface area contributed by atoms with Crippen LogP contribution in [0.1, 0.15) is 13.3 Å². The molecule has 3 aliphatic heterocycles. The van der Waals surface area contributed by atoms with Crippen LogP contribution in [0, 0.1) is 0 Å². The maximum atomic E-state index is 13.0. The van der Waals surface area contributed by atoms with Gasteiger partial charge in [-0.2, -0.15) is 0 Å². The van der Waals surface area contributed by atoms with E-state index in [0.717, 1.165) is 4.90 Å². The zero-order chi connectivity index (χ0) is 21.0. The normalized spacial score (nSPS) is 30.7. The van der Waals surface area contributed by atoms with Gasteiger partial charge in [-0.3, -0.25) is 9.59 Å². The van der Waals surface area contributed by atoms with Crippen molar-refractivity contribution in [3.63, 3.8) is 0 Å². The van der Waals surface area contributed by atoms with E-state index in [1.807, 2.05) is 0 Å². The van der Waals surface area contributed by atoms with E-state index in [9.17, 15) is 27.9 Å². The van der Waals surface area contributed by atoms with Gasteiger partial charge in [0, 0.05) is 13.1 Å². The van der Waals surface area contributed by atoms with E-state index < -0.39 is 37.9 Å². The lowest BCUT2D eigenvalue weighted by Gasteiger charge is -2.35. The SMILES string of the molecule is C[C@]1(Cn2cc[n+](CC(=O)N3CCOCC3)n2)[C@H](C(=O)O)N2C(=O)C[C@H]2S1(=O)=O. The Balaban J connectivity index is 1.53. The van der Waals surface area contributed by atoms with E-state index >= 15 is 0 Å². The van der Waals surface area contributed by atoms with Crippen molar-refractivity contribution in [2.45, 2.75) is 42.6 Å². The molecule has 13 heteroatoms. The Morgan fingerprint density at radius 2 is 2.07 bits per heavy atom. The van der Waals surface area contributed by atoms with E-state index in [0.29, 0.717) is 26.3 Å². The van der Waals surface area contributed by atoms with Crippen molar-refractivity contribution in [2.24, 2.45) is 0 Å². The number of fused-ring (bicyclic) bond motifs is 1. The zero-order valence-electron chi connectivity index (χ0n) is 15.8. The molecule has 0 bridgehead atoms. The number of hydrogen-bond donors (Lipinski definition) is 1. The van der Waals surface area contributed by atoms with Crippen LogP contribution in [0.25, 0.3) is 0 Å². The predicted molar refractivity (Wildman–Crippen MR) is 93.8 cm³/mol. The first-order valence-electron chi connectivity index (χ1n) is 9.21. The number of amides is 2. The summed E-state index contributed by atoms with van der Waals surface area (Å²) >= 11 is 0. The molecule has 0 aromatic carbocycles. The quantitative estimate of drug-likeness (QED) is 0.392. The van der Waals surface area contributed by atoms with Crippen molar-refractivity contribution in [1.82, 2.24) is 19.7 Å². The molecule has 0 saturated carbocycles. The third kappa shape index (κ3) is 2.99. The second kappa shape index (κ2) is 6.76.